The maximum absolute atomic E-state index is 12.2. The van der Waals surface area contributed by atoms with Crippen LogP contribution in [0.15, 0.2) is 16.7 Å². The number of hydrogen-bond donors (Lipinski definition) is 1. The van der Waals surface area contributed by atoms with E-state index in [9.17, 15) is 8.42 Å². The number of pyridine rings is 1. The minimum absolute atomic E-state index is 0.133. The molecule has 100 valence electrons. The van der Waals surface area contributed by atoms with E-state index in [4.69, 9.17) is 16.3 Å². The lowest BCUT2D eigenvalue weighted by Gasteiger charge is -2.22. The SMILES string of the molecule is O=S(=O)(Nc1cc(Br)cnc1Cl)C1CCOCC1. The predicted molar refractivity (Wildman–Crippen MR) is 73.3 cm³/mol. The summed E-state index contributed by atoms with van der Waals surface area (Å²) in [6.45, 7) is 0.937. The topological polar surface area (TPSA) is 68.3 Å². The Morgan fingerprint density at radius 2 is 2.11 bits per heavy atom. The van der Waals surface area contributed by atoms with Crippen LogP contribution < -0.4 is 4.72 Å². The lowest BCUT2D eigenvalue weighted by molar-refractivity contribution is 0.0984. The highest BCUT2D eigenvalue weighted by Crippen LogP contribution is 2.26. The van der Waals surface area contributed by atoms with Gasteiger partial charge in [-0.25, -0.2) is 13.4 Å². The summed E-state index contributed by atoms with van der Waals surface area (Å²) in [4.78, 5) is 3.87. The van der Waals surface area contributed by atoms with Crippen LogP contribution >= 0.6 is 27.5 Å². The van der Waals surface area contributed by atoms with Crippen molar-refractivity contribution in [1.29, 1.82) is 0 Å². The summed E-state index contributed by atoms with van der Waals surface area (Å²) in [6.07, 6.45) is 2.50. The molecular formula is C10H12BrClN2O3S. The van der Waals surface area contributed by atoms with Gasteiger partial charge in [0.1, 0.15) is 0 Å². The molecule has 1 aromatic heterocycles. The second-order valence-corrected chi connectivity index (χ2v) is 7.19. The van der Waals surface area contributed by atoms with Crippen molar-refractivity contribution < 1.29 is 13.2 Å². The Labute approximate surface area is 119 Å². The molecule has 0 saturated carbocycles. The van der Waals surface area contributed by atoms with E-state index in [1.807, 2.05) is 0 Å². The molecule has 0 radical (unpaired) electrons. The molecule has 1 fully saturated rings. The summed E-state index contributed by atoms with van der Waals surface area (Å²) in [5.41, 5.74) is 0.289. The van der Waals surface area contributed by atoms with Crippen molar-refractivity contribution in [3.8, 4) is 0 Å². The molecule has 0 amide bonds. The van der Waals surface area contributed by atoms with Crippen LogP contribution in [0.4, 0.5) is 5.69 Å². The van der Waals surface area contributed by atoms with Gasteiger partial charge in [0.25, 0.3) is 0 Å². The Balaban J connectivity index is 2.18. The fourth-order valence-electron chi connectivity index (χ4n) is 1.72. The van der Waals surface area contributed by atoms with Crippen LogP contribution in [-0.2, 0) is 14.8 Å². The molecule has 0 atom stereocenters. The molecule has 1 aliphatic rings. The Hall–Kier alpha value is -0.370. The first-order valence-electron chi connectivity index (χ1n) is 5.39. The van der Waals surface area contributed by atoms with Crippen LogP contribution in [0, 0.1) is 0 Å². The summed E-state index contributed by atoms with van der Waals surface area (Å²) >= 11 is 9.08. The minimum Gasteiger partial charge on any atom is -0.381 e. The van der Waals surface area contributed by atoms with Gasteiger partial charge in [-0.15, -0.1) is 0 Å². The van der Waals surface area contributed by atoms with Crippen LogP contribution in [0.3, 0.4) is 0 Å². The second-order valence-electron chi connectivity index (χ2n) is 3.95. The maximum Gasteiger partial charge on any atom is 0.235 e. The number of sulfonamides is 1. The molecule has 18 heavy (non-hydrogen) atoms. The summed E-state index contributed by atoms with van der Waals surface area (Å²) in [6, 6.07) is 1.59. The van der Waals surface area contributed by atoms with Crippen LogP contribution in [0.2, 0.25) is 5.15 Å². The second kappa shape index (κ2) is 5.73. The molecule has 2 heterocycles. The zero-order valence-corrected chi connectivity index (χ0v) is 12.6. The summed E-state index contributed by atoms with van der Waals surface area (Å²) in [7, 11) is -3.45. The van der Waals surface area contributed by atoms with Gasteiger partial charge in [0.05, 0.1) is 10.9 Å². The minimum atomic E-state index is -3.45. The Morgan fingerprint density at radius 1 is 1.44 bits per heavy atom. The van der Waals surface area contributed by atoms with Crippen molar-refractivity contribution in [3.63, 3.8) is 0 Å². The van der Waals surface area contributed by atoms with Crippen molar-refractivity contribution in [3.05, 3.63) is 21.9 Å². The van der Waals surface area contributed by atoms with E-state index in [1.54, 1.807) is 6.07 Å². The summed E-state index contributed by atoms with van der Waals surface area (Å²) in [5.74, 6) is 0. The van der Waals surface area contributed by atoms with Crippen LogP contribution in [0.1, 0.15) is 12.8 Å². The molecule has 0 aliphatic carbocycles. The van der Waals surface area contributed by atoms with Crippen molar-refractivity contribution in [2.24, 2.45) is 0 Å². The number of nitrogens with one attached hydrogen (secondary N) is 1. The molecule has 1 N–H and O–H groups in total. The number of nitrogens with zero attached hydrogens (tertiary/aromatic N) is 1. The largest absolute Gasteiger partial charge is 0.381 e. The Bertz CT molecular complexity index is 532. The monoisotopic (exact) mass is 354 g/mol. The average Bonchev–Trinajstić information content (AvgIpc) is 2.35. The van der Waals surface area contributed by atoms with Crippen molar-refractivity contribution in [1.82, 2.24) is 4.98 Å². The van der Waals surface area contributed by atoms with Gasteiger partial charge < -0.3 is 4.74 Å². The highest BCUT2D eigenvalue weighted by molar-refractivity contribution is 9.10. The molecule has 1 aromatic rings. The van der Waals surface area contributed by atoms with Crippen LogP contribution in [-0.4, -0.2) is 31.9 Å². The van der Waals surface area contributed by atoms with Gasteiger partial charge in [-0.1, -0.05) is 11.6 Å². The number of halogens is 2. The Kier molecular flexibility index (Phi) is 4.47. The zero-order chi connectivity index (χ0) is 13.2. The van der Waals surface area contributed by atoms with Gasteiger partial charge in [-0.2, -0.15) is 0 Å². The number of ether oxygens (including phenoxy) is 1. The molecule has 8 heteroatoms. The predicted octanol–water partition coefficient (Wildman–Crippen LogP) is 2.42. The molecular weight excluding hydrogens is 344 g/mol. The molecule has 1 aliphatic heterocycles. The summed E-state index contributed by atoms with van der Waals surface area (Å²) < 4.78 is 32.6. The molecule has 0 bridgehead atoms. The third-order valence-electron chi connectivity index (χ3n) is 2.67. The molecule has 1 saturated heterocycles. The maximum atomic E-state index is 12.2. The van der Waals surface area contributed by atoms with Crippen molar-refractivity contribution in [2.45, 2.75) is 18.1 Å². The average molecular weight is 356 g/mol. The van der Waals surface area contributed by atoms with Gasteiger partial charge in [0.2, 0.25) is 10.0 Å². The molecule has 0 aromatic carbocycles. The first-order chi connectivity index (χ1) is 8.49. The van der Waals surface area contributed by atoms with E-state index in [2.05, 4.69) is 25.6 Å². The van der Waals surface area contributed by atoms with Gasteiger partial charge in [-0.3, -0.25) is 4.72 Å². The zero-order valence-electron chi connectivity index (χ0n) is 9.40. The number of hydrogen-bond acceptors (Lipinski definition) is 4. The van der Waals surface area contributed by atoms with E-state index in [1.165, 1.54) is 6.20 Å². The highest BCUT2D eigenvalue weighted by Gasteiger charge is 2.28. The lowest BCUT2D eigenvalue weighted by Crippen LogP contribution is -2.33. The van der Waals surface area contributed by atoms with E-state index in [0.29, 0.717) is 30.5 Å². The third-order valence-corrected chi connectivity index (χ3v) is 5.25. The number of rotatable bonds is 3. The smallest absolute Gasteiger partial charge is 0.235 e. The summed E-state index contributed by atoms with van der Waals surface area (Å²) in [5, 5.41) is -0.310. The van der Waals surface area contributed by atoms with Gasteiger partial charge in [-0.05, 0) is 34.8 Å². The molecule has 0 unspecified atom stereocenters. The Morgan fingerprint density at radius 3 is 2.78 bits per heavy atom. The number of anilines is 1. The van der Waals surface area contributed by atoms with Gasteiger partial charge >= 0.3 is 0 Å². The number of aromatic nitrogens is 1. The van der Waals surface area contributed by atoms with E-state index in [0.717, 1.165) is 0 Å². The van der Waals surface area contributed by atoms with Gasteiger partial charge in [0.15, 0.2) is 5.15 Å². The first kappa shape index (κ1) is 14.0. The van der Waals surface area contributed by atoms with E-state index >= 15 is 0 Å². The highest BCUT2D eigenvalue weighted by atomic mass is 79.9. The van der Waals surface area contributed by atoms with E-state index in [-0.39, 0.29) is 10.8 Å². The van der Waals surface area contributed by atoms with Crippen LogP contribution in [0.5, 0.6) is 0 Å². The lowest BCUT2D eigenvalue weighted by atomic mass is 10.2. The fourth-order valence-corrected chi connectivity index (χ4v) is 3.70. The fraction of sp³-hybridized carbons (Fsp3) is 0.500. The van der Waals surface area contributed by atoms with Crippen molar-refractivity contribution in [2.75, 3.05) is 17.9 Å². The normalized spacial score (nSPS) is 17.7. The quantitative estimate of drug-likeness (QED) is 0.846. The van der Waals surface area contributed by atoms with Crippen molar-refractivity contribution >= 4 is 43.2 Å². The molecule has 0 spiro atoms. The molecule has 5 nitrogen and oxygen atoms in total. The first-order valence-corrected chi connectivity index (χ1v) is 8.11. The third kappa shape index (κ3) is 3.34. The molecule has 2 rings (SSSR count). The van der Waals surface area contributed by atoms with E-state index < -0.39 is 15.3 Å². The van der Waals surface area contributed by atoms with Gasteiger partial charge in [0, 0.05) is 23.9 Å². The standard InChI is InChI=1S/C10H12BrClN2O3S/c11-7-5-9(10(12)13-6-7)14-18(15,16)8-1-3-17-4-2-8/h5-6,8,14H,1-4H2. The van der Waals surface area contributed by atoms with Crippen LogP contribution in [0.25, 0.3) is 0 Å².